The largest absolute Gasteiger partial charge is 0.324 e. The van der Waals surface area contributed by atoms with E-state index < -0.39 is 0 Å². The first-order chi connectivity index (χ1) is 5.84. The van der Waals surface area contributed by atoms with E-state index >= 15 is 0 Å². The van der Waals surface area contributed by atoms with Gasteiger partial charge in [-0.15, -0.1) is 0 Å². The van der Waals surface area contributed by atoms with E-state index in [-0.39, 0.29) is 6.04 Å². The topological polar surface area (TPSA) is 49.8 Å². The smallest absolute Gasteiger partial charge is 0.0622 e. The fourth-order valence-corrected chi connectivity index (χ4v) is 1.09. The average Bonchev–Trinajstić information content (AvgIpc) is 2.15. The van der Waals surface area contributed by atoms with Crippen LogP contribution in [0, 0.1) is 11.3 Å². The van der Waals surface area contributed by atoms with E-state index in [0.29, 0.717) is 6.42 Å². The Balaban J connectivity index is 2.55. The quantitative estimate of drug-likeness (QED) is 0.735. The van der Waals surface area contributed by atoms with Crippen LogP contribution in [0.2, 0.25) is 0 Å². The maximum absolute atomic E-state index is 8.36. The zero-order valence-corrected chi connectivity index (χ0v) is 6.90. The summed E-state index contributed by atoms with van der Waals surface area (Å²) in [4.78, 5) is 0. The van der Waals surface area contributed by atoms with Gasteiger partial charge in [0.2, 0.25) is 0 Å². The highest BCUT2D eigenvalue weighted by molar-refractivity contribution is 5.18. The Morgan fingerprint density at radius 3 is 2.58 bits per heavy atom. The lowest BCUT2D eigenvalue weighted by atomic mass is 10.0. The molecule has 0 saturated heterocycles. The van der Waals surface area contributed by atoms with Crippen molar-refractivity contribution in [2.45, 2.75) is 18.9 Å². The molecule has 0 aliphatic carbocycles. The Hall–Kier alpha value is -1.33. The molecule has 0 bridgehead atoms. The molecule has 1 aromatic carbocycles. The molecule has 0 aromatic heterocycles. The van der Waals surface area contributed by atoms with Gasteiger partial charge < -0.3 is 5.73 Å². The van der Waals surface area contributed by atoms with Crippen LogP contribution in [0.1, 0.15) is 24.4 Å². The summed E-state index contributed by atoms with van der Waals surface area (Å²) in [6.07, 6.45) is 1.26. The summed E-state index contributed by atoms with van der Waals surface area (Å²) >= 11 is 0. The second-order valence-electron chi connectivity index (χ2n) is 2.71. The van der Waals surface area contributed by atoms with Crippen molar-refractivity contribution in [3.05, 3.63) is 35.9 Å². The van der Waals surface area contributed by atoms with Crippen LogP contribution in [0.3, 0.4) is 0 Å². The van der Waals surface area contributed by atoms with Gasteiger partial charge in [-0.3, -0.25) is 0 Å². The molecule has 0 aliphatic heterocycles. The zero-order chi connectivity index (χ0) is 8.81. The molecule has 12 heavy (non-hydrogen) atoms. The summed E-state index contributed by atoms with van der Waals surface area (Å²) in [6, 6.07) is 11.9. The Morgan fingerprint density at radius 1 is 1.33 bits per heavy atom. The summed E-state index contributed by atoms with van der Waals surface area (Å²) in [7, 11) is 0. The molecular formula is C10H12N2. The van der Waals surface area contributed by atoms with Gasteiger partial charge in [-0.2, -0.15) is 5.26 Å². The molecule has 0 aliphatic rings. The van der Waals surface area contributed by atoms with Crippen LogP contribution in [0.25, 0.3) is 0 Å². The van der Waals surface area contributed by atoms with Crippen molar-refractivity contribution in [1.82, 2.24) is 0 Å². The van der Waals surface area contributed by atoms with Gasteiger partial charge in [0.1, 0.15) is 0 Å². The van der Waals surface area contributed by atoms with Crippen LogP contribution in [0.4, 0.5) is 0 Å². The van der Waals surface area contributed by atoms with E-state index in [1.807, 2.05) is 30.3 Å². The fourth-order valence-electron chi connectivity index (χ4n) is 1.09. The highest BCUT2D eigenvalue weighted by atomic mass is 14.6. The van der Waals surface area contributed by atoms with Crippen LogP contribution >= 0.6 is 0 Å². The molecule has 1 atom stereocenters. The molecule has 0 spiro atoms. The van der Waals surface area contributed by atoms with Crippen molar-refractivity contribution in [2.75, 3.05) is 0 Å². The van der Waals surface area contributed by atoms with Crippen LogP contribution in [0.15, 0.2) is 30.3 Å². The summed E-state index contributed by atoms with van der Waals surface area (Å²) < 4.78 is 0. The average molecular weight is 160 g/mol. The highest BCUT2D eigenvalue weighted by Crippen LogP contribution is 2.14. The number of benzene rings is 1. The normalized spacial score (nSPS) is 12.0. The van der Waals surface area contributed by atoms with Crippen molar-refractivity contribution in [3.63, 3.8) is 0 Å². The van der Waals surface area contributed by atoms with Gasteiger partial charge in [-0.05, 0) is 12.0 Å². The maximum atomic E-state index is 8.36. The summed E-state index contributed by atoms with van der Waals surface area (Å²) in [6.45, 7) is 0. The number of hydrogen-bond donors (Lipinski definition) is 1. The lowest BCUT2D eigenvalue weighted by molar-refractivity contribution is 0.665. The predicted molar refractivity (Wildman–Crippen MR) is 48.2 cm³/mol. The minimum atomic E-state index is 0.00542. The van der Waals surface area contributed by atoms with Crippen molar-refractivity contribution in [1.29, 1.82) is 5.26 Å². The van der Waals surface area contributed by atoms with E-state index in [9.17, 15) is 0 Å². The Bertz CT molecular complexity index is 261. The Labute approximate surface area is 72.6 Å². The second-order valence-corrected chi connectivity index (χ2v) is 2.71. The molecule has 0 amide bonds. The van der Waals surface area contributed by atoms with E-state index in [1.165, 1.54) is 0 Å². The molecule has 0 fully saturated rings. The van der Waals surface area contributed by atoms with Gasteiger partial charge in [0.25, 0.3) is 0 Å². The second kappa shape index (κ2) is 4.53. The molecule has 62 valence electrons. The Kier molecular flexibility index (Phi) is 3.31. The van der Waals surface area contributed by atoms with Crippen molar-refractivity contribution >= 4 is 0 Å². The van der Waals surface area contributed by atoms with E-state index in [0.717, 1.165) is 12.0 Å². The van der Waals surface area contributed by atoms with Gasteiger partial charge >= 0.3 is 0 Å². The van der Waals surface area contributed by atoms with E-state index in [2.05, 4.69) is 6.07 Å². The van der Waals surface area contributed by atoms with Crippen LogP contribution in [-0.4, -0.2) is 0 Å². The first-order valence-electron chi connectivity index (χ1n) is 4.02. The van der Waals surface area contributed by atoms with Crippen molar-refractivity contribution in [2.24, 2.45) is 5.73 Å². The first kappa shape index (κ1) is 8.76. The molecule has 0 radical (unpaired) electrons. The molecule has 0 unspecified atom stereocenters. The van der Waals surface area contributed by atoms with Crippen LogP contribution < -0.4 is 5.73 Å². The number of rotatable bonds is 3. The van der Waals surface area contributed by atoms with Gasteiger partial charge in [0.15, 0.2) is 0 Å². The summed E-state index contributed by atoms with van der Waals surface area (Å²) in [5.41, 5.74) is 6.93. The standard InChI is InChI=1S/C10H12N2/c11-8-4-7-10(12)9-5-2-1-3-6-9/h1-3,5-6,10H,4,7,12H2/t10-/m0/s1. The molecule has 0 saturated carbocycles. The van der Waals surface area contributed by atoms with Crippen molar-refractivity contribution in [3.8, 4) is 6.07 Å². The summed E-state index contributed by atoms with van der Waals surface area (Å²) in [5.74, 6) is 0. The molecular weight excluding hydrogens is 148 g/mol. The molecule has 1 rings (SSSR count). The number of nitrogens with two attached hydrogens (primary N) is 1. The van der Waals surface area contributed by atoms with Crippen LogP contribution in [-0.2, 0) is 0 Å². The molecule has 2 N–H and O–H groups in total. The molecule has 2 heteroatoms. The summed E-state index contributed by atoms with van der Waals surface area (Å²) in [5, 5.41) is 8.36. The third kappa shape index (κ3) is 2.37. The third-order valence-electron chi connectivity index (χ3n) is 1.79. The molecule has 0 heterocycles. The van der Waals surface area contributed by atoms with Gasteiger partial charge in [-0.1, -0.05) is 30.3 Å². The number of hydrogen-bond acceptors (Lipinski definition) is 2. The van der Waals surface area contributed by atoms with E-state index in [4.69, 9.17) is 11.0 Å². The highest BCUT2D eigenvalue weighted by Gasteiger charge is 2.03. The minimum absolute atomic E-state index is 0.00542. The maximum Gasteiger partial charge on any atom is 0.0622 e. The lowest BCUT2D eigenvalue weighted by Crippen LogP contribution is -2.09. The SMILES string of the molecule is N#CCC[C@H](N)c1ccccc1. The molecule has 1 aromatic rings. The van der Waals surface area contributed by atoms with Gasteiger partial charge in [0, 0.05) is 12.5 Å². The number of nitrogens with zero attached hydrogens (tertiary/aromatic N) is 1. The minimum Gasteiger partial charge on any atom is -0.324 e. The predicted octanol–water partition coefficient (Wildman–Crippen LogP) is 1.99. The molecule has 2 nitrogen and oxygen atoms in total. The Morgan fingerprint density at radius 2 is 2.00 bits per heavy atom. The van der Waals surface area contributed by atoms with Gasteiger partial charge in [-0.25, -0.2) is 0 Å². The van der Waals surface area contributed by atoms with E-state index in [1.54, 1.807) is 0 Å². The zero-order valence-electron chi connectivity index (χ0n) is 6.90. The van der Waals surface area contributed by atoms with Crippen molar-refractivity contribution < 1.29 is 0 Å². The fraction of sp³-hybridized carbons (Fsp3) is 0.300. The first-order valence-corrected chi connectivity index (χ1v) is 4.02. The number of nitriles is 1. The third-order valence-corrected chi connectivity index (χ3v) is 1.79. The monoisotopic (exact) mass is 160 g/mol. The van der Waals surface area contributed by atoms with Crippen LogP contribution in [0.5, 0.6) is 0 Å². The van der Waals surface area contributed by atoms with Gasteiger partial charge in [0.05, 0.1) is 6.07 Å². The lowest BCUT2D eigenvalue weighted by Gasteiger charge is -2.08.